The van der Waals surface area contributed by atoms with Crippen LogP contribution in [0.15, 0.2) is 47.6 Å². The van der Waals surface area contributed by atoms with E-state index in [-0.39, 0.29) is 12.5 Å². The van der Waals surface area contributed by atoms with Gasteiger partial charge >= 0.3 is 12.1 Å². The highest BCUT2D eigenvalue weighted by molar-refractivity contribution is 6.02. The van der Waals surface area contributed by atoms with E-state index >= 15 is 0 Å². The quantitative estimate of drug-likeness (QED) is 0.398. The van der Waals surface area contributed by atoms with Crippen molar-refractivity contribution in [3.05, 3.63) is 64.7 Å². The summed E-state index contributed by atoms with van der Waals surface area (Å²) in [4.78, 5) is 16.3. The molecule has 2 aromatic rings. The van der Waals surface area contributed by atoms with Gasteiger partial charge in [-0.15, -0.1) is 0 Å². The number of aryl methyl sites for hydroxylation is 1. The van der Waals surface area contributed by atoms with E-state index in [1.54, 1.807) is 6.07 Å². The van der Waals surface area contributed by atoms with Gasteiger partial charge in [-0.25, -0.2) is 4.79 Å². The van der Waals surface area contributed by atoms with Crippen molar-refractivity contribution in [2.75, 3.05) is 6.61 Å². The van der Waals surface area contributed by atoms with Crippen molar-refractivity contribution in [1.82, 2.24) is 0 Å². The Hall–Kier alpha value is -3.03. The number of alkyl halides is 3. The summed E-state index contributed by atoms with van der Waals surface area (Å²) in [6.07, 6.45) is 0.974. The van der Waals surface area contributed by atoms with E-state index in [0.717, 1.165) is 54.7 Å². The molecule has 1 N–H and O–H groups in total. The number of halogens is 3. The molecule has 8 heteroatoms. The molecule has 0 heterocycles. The van der Waals surface area contributed by atoms with Crippen LogP contribution < -0.4 is 4.74 Å². The Labute approximate surface area is 184 Å². The lowest BCUT2D eigenvalue weighted by molar-refractivity contribution is -0.139. The largest absolute Gasteiger partial charge is 0.482 e. The maximum Gasteiger partial charge on any atom is 0.416 e. The predicted molar refractivity (Wildman–Crippen MR) is 114 cm³/mol. The maximum absolute atomic E-state index is 12.7. The van der Waals surface area contributed by atoms with Crippen molar-refractivity contribution >= 4 is 11.7 Å². The molecule has 0 amide bonds. The first-order valence-electron chi connectivity index (χ1n) is 10.6. The monoisotopic (exact) mass is 449 g/mol. The van der Waals surface area contributed by atoms with Gasteiger partial charge in [-0.1, -0.05) is 36.6 Å². The summed E-state index contributed by atoms with van der Waals surface area (Å²) in [6, 6.07) is 10.3. The van der Waals surface area contributed by atoms with Gasteiger partial charge in [0.05, 0.1) is 11.3 Å². The van der Waals surface area contributed by atoms with Crippen molar-refractivity contribution in [3.63, 3.8) is 0 Å². The highest BCUT2D eigenvalue weighted by Crippen LogP contribution is 2.31. The topological polar surface area (TPSA) is 68.1 Å². The van der Waals surface area contributed by atoms with Crippen LogP contribution in [-0.4, -0.2) is 23.4 Å². The van der Waals surface area contributed by atoms with Gasteiger partial charge in [0.1, 0.15) is 12.4 Å². The second kappa shape index (κ2) is 10.5. The molecule has 0 atom stereocenters. The lowest BCUT2D eigenvalue weighted by atomic mass is 9.83. The highest BCUT2D eigenvalue weighted by atomic mass is 19.4. The second-order valence-corrected chi connectivity index (χ2v) is 7.94. The first-order valence-corrected chi connectivity index (χ1v) is 10.6. The van der Waals surface area contributed by atoms with Gasteiger partial charge in [0.15, 0.2) is 6.61 Å². The normalized spacial score (nSPS) is 15.4. The average Bonchev–Trinajstić information content (AvgIpc) is 2.76. The lowest BCUT2D eigenvalue weighted by Crippen LogP contribution is -2.20. The van der Waals surface area contributed by atoms with Crippen LogP contribution in [0.2, 0.25) is 0 Å². The van der Waals surface area contributed by atoms with Crippen molar-refractivity contribution in [2.45, 2.75) is 51.8 Å². The van der Waals surface area contributed by atoms with E-state index in [0.29, 0.717) is 11.3 Å². The summed E-state index contributed by atoms with van der Waals surface area (Å²) in [5, 5.41) is 13.2. The number of benzene rings is 2. The molecule has 1 fully saturated rings. The number of ether oxygens (including phenoxy) is 1. The second-order valence-electron chi connectivity index (χ2n) is 7.94. The lowest BCUT2D eigenvalue weighted by Gasteiger charge is -2.23. The molecule has 0 aliphatic heterocycles. The zero-order chi connectivity index (χ0) is 23.1. The SMILES string of the molecule is Cc1cc(/C(=N/OCc2ccc(C(F)(F)F)cc2)C2CCCCC2)ccc1OCC(=O)O. The van der Waals surface area contributed by atoms with E-state index in [1.165, 1.54) is 18.6 Å². The fraction of sp³-hybridized carbons (Fsp3) is 0.417. The van der Waals surface area contributed by atoms with E-state index in [9.17, 15) is 18.0 Å². The van der Waals surface area contributed by atoms with Gasteiger partial charge < -0.3 is 14.7 Å². The summed E-state index contributed by atoms with van der Waals surface area (Å²) in [5.41, 5.74) is 2.34. The Bertz CT molecular complexity index is 949. The number of carboxylic acid groups (broad SMARTS) is 1. The Kier molecular flexibility index (Phi) is 7.77. The van der Waals surface area contributed by atoms with Gasteiger partial charge in [-0.05, 0) is 61.2 Å². The van der Waals surface area contributed by atoms with E-state index < -0.39 is 24.3 Å². The van der Waals surface area contributed by atoms with Crippen LogP contribution in [0.3, 0.4) is 0 Å². The van der Waals surface area contributed by atoms with Gasteiger partial charge in [0.25, 0.3) is 0 Å². The van der Waals surface area contributed by atoms with Gasteiger partial charge in [-0.2, -0.15) is 13.2 Å². The van der Waals surface area contributed by atoms with Gasteiger partial charge in [0, 0.05) is 11.5 Å². The molecule has 32 heavy (non-hydrogen) atoms. The molecule has 2 aromatic carbocycles. The van der Waals surface area contributed by atoms with Crippen molar-refractivity contribution < 1.29 is 32.6 Å². The average molecular weight is 449 g/mol. The highest BCUT2D eigenvalue weighted by Gasteiger charge is 2.30. The Balaban J connectivity index is 1.76. The van der Waals surface area contributed by atoms with Crippen LogP contribution in [0.5, 0.6) is 5.75 Å². The Morgan fingerprint density at radius 3 is 2.38 bits per heavy atom. The number of hydrogen-bond acceptors (Lipinski definition) is 4. The summed E-state index contributed by atoms with van der Waals surface area (Å²) in [5.74, 6) is -0.332. The smallest absolute Gasteiger partial charge is 0.416 e. The maximum atomic E-state index is 12.7. The summed E-state index contributed by atoms with van der Waals surface area (Å²) in [7, 11) is 0. The standard InChI is InChI=1S/C24H26F3NO4/c1-16-13-19(9-12-21(16)31-15-22(29)30)23(18-5-3-2-4-6-18)28-32-14-17-7-10-20(11-8-17)24(25,26)27/h7-13,18H,2-6,14-15H2,1H3,(H,29,30)/b28-23+. The number of rotatable bonds is 8. The van der Waals surface area contributed by atoms with Gasteiger partial charge in [-0.3, -0.25) is 0 Å². The fourth-order valence-corrected chi connectivity index (χ4v) is 3.82. The molecule has 172 valence electrons. The van der Waals surface area contributed by atoms with Crippen molar-refractivity contribution in [2.24, 2.45) is 11.1 Å². The number of hydrogen-bond donors (Lipinski definition) is 1. The molecule has 1 aliphatic carbocycles. The van der Waals surface area contributed by atoms with Crippen LogP contribution in [0.4, 0.5) is 13.2 Å². The van der Waals surface area contributed by atoms with Crippen LogP contribution in [0.25, 0.3) is 0 Å². The minimum Gasteiger partial charge on any atom is -0.482 e. The predicted octanol–water partition coefficient (Wildman–Crippen LogP) is 5.98. The Morgan fingerprint density at radius 1 is 1.09 bits per heavy atom. The van der Waals surface area contributed by atoms with Crippen LogP contribution in [-0.2, 0) is 22.4 Å². The van der Waals surface area contributed by atoms with Crippen LogP contribution in [0, 0.1) is 12.8 Å². The molecule has 0 bridgehead atoms. The van der Waals surface area contributed by atoms with E-state index in [2.05, 4.69) is 5.16 Å². The Morgan fingerprint density at radius 2 is 1.78 bits per heavy atom. The molecule has 0 aromatic heterocycles. The third-order valence-corrected chi connectivity index (χ3v) is 5.49. The summed E-state index contributed by atoms with van der Waals surface area (Å²) in [6.45, 7) is 1.48. The van der Waals surface area contributed by atoms with E-state index in [4.69, 9.17) is 14.7 Å². The molecule has 0 saturated heterocycles. The number of oxime groups is 1. The first-order chi connectivity index (χ1) is 15.2. The van der Waals surface area contributed by atoms with Crippen molar-refractivity contribution in [1.29, 1.82) is 0 Å². The third-order valence-electron chi connectivity index (χ3n) is 5.49. The van der Waals surface area contributed by atoms with Crippen LogP contribution >= 0.6 is 0 Å². The summed E-state index contributed by atoms with van der Waals surface area (Å²) >= 11 is 0. The molecular weight excluding hydrogens is 423 g/mol. The number of nitrogens with zero attached hydrogens (tertiary/aromatic N) is 1. The number of carbonyl (C=O) groups is 1. The molecule has 1 aliphatic rings. The third kappa shape index (κ3) is 6.48. The molecule has 0 spiro atoms. The molecule has 1 saturated carbocycles. The zero-order valence-corrected chi connectivity index (χ0v) is 17.8. The molecular formula is C24H26F3NO4. The van der Waals surface area contributed by atoms with Crippen molar-refractivity contribution in [3.8, 4) is 5.75 Å². The number of aliphatic carboxylic acids is 1. The molecule has 0 unspecified atom stereocenters. The first kappa shape index (κ1) is 23.6. The fourth-order valence-electron chi connectivity index (χ4n) is 3.82. The number of carboxylic acids is 1. The van der Waals surface area contributed by atoms with Crippen LogP contribution in [0.1, 0.15) is 54.4 Å². The zero-order valence-electron chi connectivity index (χ0n) is 17.8. The minimum absolute atomic E-state index is 0.0626. The molecule has 0 radical (unpaired) electrons. The minimum atomic E-state index is -4.37. The molecule has 3 rings (SSSR count). The summed E-state index contributed by atoms with van der Waals surface area (Å²) < 4.78 is 43.5. The van der Waals surface area contributed by atoms with Gasteiger partial charge in [0.2, 0.25) is 0 Å². The van der Waals surface area contributed by atoms with E-state index in [1.807, 2.05) is 19.1 Å². The molecule has 5 nitrogen and oxygen atoms in total.